The number of nitrogens with one attached hydrogen (secondary N) is 2. The number of hydrogen-bond donors (Lipinski definition) is 2. The quantitative estimate of drug-likeness (QED) is 0.655. The summed E-state index contributed by atoms with van der Waals surface area (Å²) >= 11 is 0. The first-order chi connectivity index (χ1) is 9.61. The Kier molecular flexibility index (Phi) is 3.26. The van der Waals surface area contributed by atoms with Crippen molar-refractivity contribution in [1.29, 1.82) is 0 Å². The van der Waals surface area contributed by atoms with E-state index in [9.17, 15) is 14.4 Å². The number of ketones is 1. The molecule has 2 amide bonds. The summed E-state index contributed by atoms with van der Waals surface area (Å²) in [5.74, 6) is -0.0856. The largest absolute Gasteiger partial charge is 0.324 e. The van der Waals surface area contributed by atoms with Crippen molar-refractivity contribution in [3.63, 3.8) is 0 Å². The number of Topliss-reactive ketones (excluding diaryl/α,β-unsaturated/α-hetero) is 1. The highest BCUT2D eigenvalue weighted by Crippen LogP contribution is 2.32. The maximum Gasteiger partial charge on any atom is 0.233 e. The van der Waals surface area contributed by atoms with E-state index < -0.39 is 0 Å². The molecule has 2 N–H and O–H groups in total. The smallest absolute Gasteiger partial charge is 0.233 e. The van der Waals surface area contributed by atoms with Crippen LogP contribution in [0.3, 0.4) is 0 Å². The second kappa shape index (κ2) is 5.07. The van der Waals surface area contributed by atoms with Crippen LogP contribution in [0.4, 0.5) is 11.4 Å². The van der Waals surface area contributed by atoms with Gasteiger partial charge in [-0.2, -0.15) is 0 Å². The van der Waals surface area contributed by atoms with E-state index in [2.05, 4.69) is 10.6 Å². The maximum absolute atomic E-state index is 12.2. The number of rotatable bonds is 3. The first-order valence-electron chi connectivity index (χ1n) is 6.89. The third-order valence-corrected chi connectivity index (χ3v) is 3.91. The van der Waals surface area contributed by atoms with Crippen molar-refractivity contribution in [3.8, 4) is 0 Å². The van der Waals surface area contributed by atoms with E-state index >= 15 is 0 Å². The minimum Gasteiger partial charge on any atom is -0.324 e. The lowest BCUT2D eigenvalue weighted by Gasteiger charge is -2.24. The van der Waals surface area contributed by atoms with Crippen LogP contribution in [0.15, 0.2) is 18.2 Å². The molecule has 5 nitrogen and oxygen atoms in total. The van der Waals surface area contributed by atoms with E-state index in [-0.39, 0.29) is 24.0 Å². The van der Waals surface area contributed by atoms with Gasteiger partial charge >= 0.3 is 0 Å². The summed E-state index contributed by atoms with van der Waals surface area (Å²) in [5.41, 5.74) is 1.63. The fraction of sp³-hybridized carbons (Fsp3) is 0.400. The summed E-state index contributed by atoms with van der Waals surface area (Å²) in [5, 5.41) is 5.30. The Morgan fingerprint density at radius 3 is 2.45 bits per heavy atom. The van der Waals surface area contributed by atoms with Gasteiger partial charge in [0.2, 0.25) is 11.8 Å². The summed E-state index contributed by atoms with van der Waals surface area (Å²) in [4.78, 5) is 35.1. The van der Waals surface area contributed by atoms with Crippen molar-refractivity contribution in [3.05, 3.63) is 23.8 Å². The van der Waals surface area contributed by atoms with Crippen LogP contribution in [0.25, 0.3) is 0 Å². The van der Waals surface area contributed by atoms with Crippen molar-refractivity contribution >= 4 is 29.0 Å². The molecule has 0 radical (unpaired) electrons. The number of carbonyl (C=O) groups is 3. The Morgan fingerprint density at radius 2 is 1.80 bits per heavy atom. The standard InChI is InChI=1S/C15H16N2O3/c18-13(6-9-2-1-3-9)10-4-5-11-12(7-10)17-15(20)8-14(19)16-11/h4-5,7,9H,1-3,6,8H2,(H,16,19)(H,17,20). The molecule has 1 heterocycles. The predicted molar refractivity (Wildman–Crippen MR) is 74.6 cm³/mol. The number of amides is 2. The van der Waals surface area contributed by atoms with Crippen LogP contribution in [0, 0.1) is 5.92 Å². The van der Waals surface area contributed by atoms with Crippen molar-refractivity contribution in [1.82, 2.24) is 0 Å². The molecular weight excluding hydrogens is 256 g/mol. The molecule has 1 aromatic carbocycles. The molecule has 1 fully saturated rings. The number of fused-ring (bicyclic) bond motifs is 1. The molecule has 20 heavy (non-hydrogen) atoms. The summed E-state index contributed by atoms with van der Waals surface area (Å²) < 4.78 is 0. The van der Waals surface area contributed by atoms with Gasteiger partial charge in [0.15, 0.2) is 5.78 Å². The fourth-order valence-electron chi connectivity index (χ4n) is 2.54. The summed E-state index contributed by atoms with van der Waals surface area (Å²) in [6.07, 6.45) is 3.84. The lowest BCUT2D eigenvalue weighted by Crippen LogP contribution is -2.16. The van der Waals surface area contributed by atoms with Gasteiger partial charge in [-0.3, -0.25) is 14.4 Å². The Bertz CT molecular complexity index is 591. The molecule has 0 atom stereocenters. The molecule has 1 aromatic rings. The molecule has 0 unspecified atom stereocenters. The van der Waals surface area contributed by atoms with Gasteiger partial charge in [0, 0.05) is 12.0 Å². The molecule has 5 heteroatoms. The molecule has 0 bridgehead atoms. The van der Waals surface area contributed by atoms with Crippen molar-refractivity contribution in [2.24, 2.45) is 5.92 Å². The van der Waals surface area contributed by atoms with Crippen LogP contribution >= 0.6 is 0 Å². The van der Waals surface area contributed by atoms with Crippen LogP contribution in [0.2, 0.25) is 0 Å². The third kappa shape index (κ3) is 2.57. The van der Waals surface area contributed by atoms with Crippen LogP contribution in [0.1, 0.15) is 42.5 Å². The normalized spacial score (nSPS) is 18.4. The molecule has 1 saturated carbocycles. The van der Waals surface area contributed by atoms with Crippen LogP contribution in [-0.4, -0.2) is 17.6 Å². The minimum atomic E-state index is -0.357. The van der Waals surface area contributed by atoms with Crippen LogP contribution < -0.4 is 10.6 Å². The maximum atomic E-state index is 12.2. The van der Waals surface area contributed by atoms with Gasteiger partial charge in [-0.05, 0) is 24.1 Å². The average molecular weight is 272 g/mol. The zero-order chi connectivity index (χ0) is 14.1. The van der Waals surface area contributed by atoms with E-state index in [1.807, 2.05) is 0 Å². The highest BCUT2D eigenvalue weighted by molar-refractivity contribution is 6.14. The van der Waals surface area contributed by atoms with E-state index in [1.165, 1.54) is 6.42 Å². The molecule has 0 aromatic heterocycles. The Labute approximate surface area is 116 Å². The second-order valence-corrected chi connectivity index (χ2v) is 5.46. The first-order valence-corrected chi connectivity index (χ1v) is 6.89. The Morgan fingerprint density at radius 1 is 1.10 bits per heavy atom. The van der Waals surface area contributed by atoms with Crippen molar-refractivity contribution in [2.45, 2.75) is 32.1 Å². The van der Waals surface area contributed by atoms with E-state index in [4.69, 9.17) is 0 Å². The van der Waals surface area contributed by atoms with Gasteiger partial charge in [-0.15, -0.1) is 0 Å². The number of benzene rings is 1. The number of anilines is 2. The lowest BCUT2D eigenvalue weighted by molar-refractivity contribution is -0.123. The summed E-state index contributed by atoms with van der Waals surface area (Å²) in [6.45, 7) is 0. The molecular formula is C15H16N2O3. The van der Waals surface area contributed by atoms with Crippen molar-refractivity contribution in [2.75, 3.05) is 10.6 Å². The van der Waals surface area contributed by atoms with E-state index in [0.717, 1.165) is 12.8 Å². The molecule has 2 aliphatic rings. The lowest BCUT2D eigenvalue weighted by atomic mass is 9.81. The Balaban J connectivity index is 1.82. The van der Waals surface area contributed by atoms with Gasteiger partial charge < -0.3 is 10.6 Å². The van der Waals surface area contributed by atoms with Gasteiger partial charge in [-0.1, -0.05) is 19.3 Å². The first kappa shape index (κ1) is 12.8. The van der Waals surface area contributed by atoms with Gasteiger partial charge in [0.1, 0.15) is 6.42 Å². The zero-order valence-corrected chi connectivity index (χ0v) is 11.1. The highest BCUT2D eigenvalue weighted by Gasteiger charge is 2.23. The van der Waals surface area contributed by atoms with Gasteiger partial charge in [-0.25, -0.2) is 0 Å². The summed E-state index contributed by atoms with van der Waals surface area (Å²) in [7, 11) is 0. The molecule has 0 saturated heterocycles. The van der Waals surface area contributed by atoms with Crippen LogP contribution in [0.5, 0.6) is 0 Å². The highest BCUT2D eigenvalue weighted by atomic mass is 16.2. The second-order valence-electron chi connectivity index (χ2n) is 5.46. The van der Waals surface area contributed by atoms with Crippen LogP contribution in [-0.2, 0) is 9.59 Å². The molecule has 104 valence electrons. The van der Waals surface area contributed by atoms with Crippen molar-refractivity contribution < 1.29 is 14.4 Å². The SMILES string of the molecule is O=C1CC(=O)Nc2cc(C(=O)CC3CCC3)ccc2N1. The molecule has 1 aliphatic heterocycles. The van der Waals surface area contributed by atoms with Gasteiger partial charge in [0.05, 0.1) is 11.4 Å². The van der Waals surface area contributed by atoms with Gasteiger partial charge in [0.25, 0.3) is 0 Å². The van der Waals surface area contributed by atoms with E-state index in [1.54, 1.807) is 18.2 Å². The van der Waals surface area contributed by atoms with E-state index in [0.29, 0.717) is 29.3 Å². The number of carbonyl (C=O) groups excluding carboxylic acids is 3. The number of hydrogen-bond acceptors (Lipinski definition) is 3. The Hall–Kier alpha value is -2.17. The summed E-state index contributed by atoms with van der Waals surface area (Å²) in [6, 6.07) is 5.03. The molecule has 0 spiro atoms. The topological polar surface area (TPSA) is 75.3 Å². The fourth-order valence-corrected chi connectivity index (χ4v) is 2.54. The third-order valence-electron chi connectivity index (χ3n) is 3.91. The molecule has 3 rings (SSSR count). The predicted octanol–water partition coefficient (Wildman–Crippen LogP) is 2.34. The monoisotopic (exact) mass is 272 g/mol. The minimum absolute atomic E-state index is 0.0994. The zero-order valence-electron chi connectivity index (χ0n) is 11.1. The average Bonchev–Trinajstić information content (AvgIpc) is 2.49. The molecule has 1 aliphatic carbocycles.